The molecule has 3 N–H and O–H groups in total. The molecule has 0 aromatic carbocycles. The Bertz CT molecular complexity index is 554. The molecule has 0 radical (unpaired) electrons. The summed E-state index contributed by atoms with van der Waals surface area (Å²) < 4.78 is 29.6. The van der Waals surface area contributed by atoms with Crippen LogP contribution < -0.4 is 10.5 Å². The fourth-order valence-corrected chi connectivity index (χ4v) is 4.74. The van der Waals surface area contributed by atoms with Crippen LogP contribution in [0.5, 0.6) is 0 Å². The molecule has 1 aromatic heterocycles. The Morgan fingerprint density at radius 1 is 1.55 bits per heavy atom. The monoisotopic (exact) mass is 300 g/mol. The Morgan fingerprint density at radius 2 is 2.30 bits per heavy atom. The second-order valence-corrected chi connectivity index (χ2v) is 7.23. The van der Waals surface area contributed by atoms with Gasteiger partial charge in [0.15, 0.2) is 5.03 Å². The van der Waals surface area contributed by atoms with E-state index < -0.39 is 15.6 Å². The van der Waals surface area contributed by atoms with Crippen LogP contribution in [0.1, 0.15) is 39.5 Å². The van der Waals surface area contributed by atoms with Gasteiger partial charge in [-0.1, -0.05) is 19.8 Å². The summed E-state index contributed by atoms with van der Waals surface area (Å²) in [6.07, 6.45) is 5.46. The molecule has 114 valence electrons. The Kier molecular flexibility index (Phi) is 4.51. The minimum absolute atomic E-state index is 0.214. The van der Waals surface area contributed by atoms with Gasteiger partial charge in [-0.15, -0.1) is 0 Å². The largest absolute Gasteiger partial charge is 0.329 e. The first-order valence-corrected chi connectivity index (χ1v) is 8.69. The minimum Gasteiger partial charge on any atom is -0.329 e. The predicted molar refractivity (Wildman–Crippen MR) is 77.6 cm³/mol. The Balaban J connectivity index is 2.31. The van der Waals surface area contributed by atoms with E-state index in [0.29, 0.717) is 13.1 Å². The highest BCUT2D eigenvalue weighted by Crippen LogP contribution is 2.34. The molecular weight excluding hydrogens is 276 g/mol. The van der Waals surface area contributed by atoms with Crippen molar-refractivity contribution < 1.29 is 8.42 Å². The molecule has 1 fully saturated rings. The van der Waals surface area contributed by atoms with Crippen molar-refractivity contribution in [2.24, 2.45) is 11.7 Å². The van der Waals surface area contributed by atoms with Gasteiger partial charge < -0.3 is 5.73 Å². The molecule has 2 rings (SSSR count). The van der Waals surface area contributed by atoms with Crippen LogP contribution in [-0.2, 0) is 16.6 Å². The number of aromatic nitrogens is 2. The summed E-state index contributed by atoms with van der Waals surface area (Å²) in [5, 5.41) is 4.24. The lowest BCUT2D eigenvalue weighted by atomic mass is 9.74. The number of sulfonamides is 1. The SMILES string of the molecule is CCn1nccc1S(=O)(=O)NC1(CN)CCCCC1C. The molecule has 0 bridgehead atoms. The number of nitrogens with two attached hydrogens (primary N) is 1. The van der Waals surface area contributed by atoms with Crippen molar-refractivity contribution in [2.75, 3.05) is 6.54 Å². The van der Waals surface area contributed by atoms with E-state index in [9.17, 15) is 8.42 Å². The Hall–Kier alpha value is -0.920. The van der Waals surface area contributed by atoms with E-state index in [1.165, 1.54) is 16.9 Å². The Labute approximate surface area is 120 Å². The van der Waals surface area contributed by atoms with Crippen LogP contribution in [0, 0.1) is 5.92 Å². The lowest BCUT2D eigenvalue weighted by Gasteiger charge is -2.42. The van der Waals surface area contributed by atoms with Crippen molar-refractivity contribution in [3.05, 3.63) is 12.3 Å². The summed E-state index contributed by atoms with van der Waals surface area (Å²) in [6.45, 7) is 4.79. The molecule has 0 aliphatic heterocycles. The molecule has 6 nitrogen and oxygen atoms in total. The normalized spacial score (nSPS) is 27.6. The molecule has 1 aliphatic rings. The van der Waals surface area contributed by atoms with Crippen LogP contribution in [0.4, 0.5) is 0 Å². The number of nitrogens with zero attached hydrogens (tertiary/aromatic N) is 2. The van der Waals surface area contributed by atoms with E-state index in [0.717, 1.165) is 25.7 Å². The fraction of sp³-hybridized carbons (Fsp3) is 0.769. The molecule has 1 aliphatic carbocycles. The van der Waals surface area contributed by atoms with Gasteiger partial charge in [0.1, 0.15) is 0 Å². The first kappa shape index (κ1) is 15.5. The van der Waals surface area contributed by atoms with Gasteiger partial charge in [0, 0.05) is 18.6 Å². The van der Waals surface area contributed by atoms with Gasteiger partial charge in [-0.3, -0.25) is 4.68 Å². The molecule has 0 amide bonds. The van der Waals surface area contributed by atoms with Crippen molar-refractivity contribution in [3.8, 4) is 0 Å². The van der Waals surface area contributed by atoms with Crippen LogP contribution in [0.2, 0.25) is 0 Å². The zero-order chi connectivity index (χ0) is 14.8. The molecule has 1 aromatic rings. The van der Waals surface area contributed by atoms with Crippen LogP contribution in [-0.4, -0.2) is 30.3 Å². The lowest BCUT2D eigenvalue weighted by Crippen LogP contribution is -2.59. The number of rotatable bonds is 5. The summed E-state index contributed by atoms with van der Waals surface area (Å²) in [4.78, 5) is 0. The van der Waals surface area contributed by atoms with Gasteiger partial charge >= 0.3 is 0 Å². The number of aryl methyl sites for hydroxylation is 1. The third-order valence-corrected chi connectivity index (χ3v) is 5.98. The standard InChI is InChI=1S/C13H24N4O2S/c1-3-17-12(7-9-15-17)20(18,19)16-13(10-14)8-5-4-6-11(13)2/h7,9,11,16H,3-6,8,10,14H2,1-2H3. The van der Waals surface area contributed by atoms with Crippen molar-refractivity contribution >= 4 is 10.0 Å². The molecule has 1 saturated carbocycles. The van der Waals surface area contributed by atoms with Crippen LogP contribution in [0.3, 0.4) is 0 Å². The smallest absolute Gasteiger partial charge is 0.258 e. The zero-order valence-corrected chi connectivity index (χ0v) is 13.0. The van der Waals surface area contributed by atoms with Crippen molar-refractivity contribution in [3.63, 3.8) is 0 Å². The molecule has 7 heteroatoms. The molecular formula is C13H24N4O2S. The number of nitrogens with one attached hydrogen (secondary N) is 1. The van der Waals surface area contributed by atoms with Crippen LogP contribution in [0.15, 0.2) is 17.3 Å². The maximum Gasteiger partial charge on any atom is 0.258 e. The quantitative estimate of drug-likeness (QED) is 0.851. The van der Waals surface area contributed by atoms with Gasteiger partial charge in [0.05, 0.1) is 6.20 Å². The summed E-state index contributed by atoms with van der Waals surface area (Å²) in [5.74, 6) is 0.244. The number of hydrogen-bond donors (Lipinski definition) is 2. The summed E-state index contributed by atoms with van der Waals surface area (Å²) in [7, 11) is -3.59. The van der Waals surface area contributed by atoms with E-state index in [1.54, 1.807) is 0 Å². The van der Waals surface area contributed by atoms with Crippen molar-refractivity contribution in [1.82, 2.24) is 14.5 Å². The first-order chi connectivity index (χ1) is 9.45. The fourth-order valence-electron chi connectivity index (χ4n) is 3.02. The van der Waals surface area contributed by atoms with Crippen molar-refractivity contribution in [1.29, 1.82) is 0 Å². The topological polar surface area (TPSA) is 90.0 Å². The minimum atomic E-state index is -3.59. The molecule has 2 atom stereocenters. The molecule has 0 spiro atoms. The summed E-state index contributed by atoms with van der Waals surface area (Å²) >= 11 is 0. The molecule has 20 heavy (non-hydrogen) atoms. The zero-order valence-electron chi connectivity index (χ0n) is 12.2. The highest BCUT2D eigenvalue weighted by molar-refractivity contribution is 7.89. The first-order valence-electron chi connectivity index (χ1n) is 7.21. The van der Waals surface area contributed by atoms with E-state index >= 15 is 0 Å². The van der Waals surface area contributed by atoms with E-state index in [4.69, 9.17) is 5.73 Å². The third-order valence-electron chi connectivity index (χ3n) is 4.41. The maximum atomic E-state index is 12.6. The van der Waals surface area contributed by atoms with Gasteiger partial charge in [0.25, 0.3) is 10.0 Å². The summed E-state index contributed by atoms with van der Waals surface area (Å²) in [6, 6.07) is 1.53. The number of hydrogen-bond acceptors (Lipinski definition) is 4. The highest BCUT2D eigenvalue weighted by atomic mass is 32.2. The average Bonchev–Trinajstić information content (AvgIpc) is 2.90. The lowest BCUT2D eigenvalue weighted by molar-refractivity contribution is 0.191. The molecule has 1 heterocycles. The van der Waals surface area contributed by atoms with Crippen molar-refractivity contribution in [2.45, 2.75) is 56.6 Å². The maximum absolute atomic E-state index is 12.6. The summed E-state index contributed by atoms with van der Waals surface area (Å²) in [5.41, 5.74) is 5.38. The highest BCUT2D eigenvalue weighted by Gasteiger charge is 2.41. The third kappa shape index (κ3) is 2.75. The van der Waals surface area contributed by atoms with Crippen LogP contribution >= 0.6 is 0 Å². The Morgan fingerprint density at radius 3 is 2.90 bits per heavy atom. The van der Waals surface area contributed by atoms with Gasteiger partial charge in [-0.2, -0.15) is 5.10 Å². The predicted octanol–water partition coefficient (Wildman–Crippen LogP) is 1.09. The average molecular weight is 300 g/mol. The van der Waals surface area contributed by atoms with E-state index in [-0.39, 0.29) is 10.9 Å². The molecule has 2 unspecified atom stereocenters. The van der Waals surface area contributed by atoms with E-state index in [1.807, 2.05) is 6.92 Å². The van der Waals surface area contributed by atoms with Gasteiger partial charge in [0.2, 0.25) is 0 Å². The second kappa shape index (κ2) is 5.83. The van der Waals surface area contributed by atoms with Gasteiger partial charge in [-0.25, -0.2) is 13.1 Å². The second-order valence-electron chi connectivity index (χ2n) is 5.60. The molecule has 0 saturated heterocycles. The van der Waals surface area contributed by atoms with Crippen LogP contribution in [0.25, 0.3) is 0 Å². The van der Waals surface area contributed by atoms with Gasteiger partial charge in [-0.05, 0) is 31.7 Å². The van der Waals surface area contributed by atoms with E-state index in [2.05, 4.69) is 16.7 Å².